The van der Waals surface area contributed by atoms with Gasteiger partial charge >= 0.3 is 0 Å². The molecule has 5 heteroatoms. The molecule has 1 N–H and O–H groups in total. The molecule has 3 nitrogen and oxygen atoms in total. The first-order chi connectivity index (χ1) is 12.2. The largest absolute Gasteiger partial charge is 0.339 e. The maximum atomic E-state index is 13.1. The molecule has 2 saturated heterocycles. The molecule has 0 aliphatic carbocycles. The molecule has 2 aliphatic rings. The van der Waals surface area contributed by atoms with Crippen molar-refractivity contribution in [2.45, 2.75) is 12.8 Å². The number of rotatable bonds is 2. The van der Waals surface area contributed by atoms with Crippen LogP contribution in [0.4, 0.5) is 0 Å². The molecule has 2 aromatic rings. The first kappa shape index (κ1) is 19.2. The topological polar surface area (TPSA) is 32.3 Å². The fourth-order valence-electron chi connectivity index (χ4n) is 4.09. The van der Waals surface area contributed by atoms with Crippen LogP contribution in [-0.4, -0.2) is 37.0 Å². The second-order valence-corrected chi connectivity index (χ2v) is 7.52. The minimum absolute atomic E-state index is 0. The van der Waals surface area contributed by atoms with Gasteiger partial charge in [-0.25, -0.2) is 0 Å². The van der Waals surface area contributed by atoms with Gasteiger partial charge in [0.25, 0.3) is 5.91 Å². The number of benzene rings is 2. The zero-order valence-corrected chi connectivity index (χ0v) is 16.2. The lowest BCUT2D eigenvalue weighted by Crippen LogP contribution is -2.33. The molecule has 0 bridgehead atoms. The lowest BCUT2D eigenvalue weighted by atomic mass is 9.92. The summed E-state index contributed by atoms with van der Waals surface area (Å²) in [5.74, 6) is 1.49. The molecule has 26 heavy (non-hydrogen) atoms. The van der Waals surface area contributed by atoms with Gasteiger partial charge < -0.3 is 10.2 Å². The number of hydrogen-bond acceptors (Lipinski definition) is 2. The van der Waals surface area contributed by atoms with Crippen molar-refractivity contribution in [3.63, 3.8) is 0 Å². The van der Waals surface area contributed by atoms with E-state index in [9.17, 15) is 4.79 Å². The van der Waals surface area contributed by atoms with Crippen LogP contribution in [0.2, 0.25) is 5.02 Å². The molecule has 0 spiro atoms. The molecule has 0 radical (unpaired) electrons. The van der Waals surface area contributed by atoms with Gasteiger partial charge in [0.1, 0.15) is 0 Å². The molecule has 138 valence electrons. The molecule has 2 aliphatic heterocycles. The van der Waals surface area contributed by atoms with Gasteiger partial charge in [-0.3, -0.25) is 4.79 Å². The Bertz CT molecular complexity index is 752. The van der Waals surface area contributed by atoms with Crippen molar-refractivity contribution in [2.24, 2.45) is 11.8 Å². The lowest BCUT2D eigenvalue weighted by Gasteiger charge is -2.22. The van der Waals surface area contributed by atoms with Crippen LogP contribution in [0, 0.1) is 11.8 Å². The fraction of sp³-hybridized carbons (Fsp3) is 0.381. The summed E-state index contributed by atoms with van der Waals surface area (Å²) < 4.78 is 0. The predicted octanol–water partition coefficient (Wildman–Crippen LogP) is 4.50. The van der Waals surface area contributed by atoms with Crippen LogP contribution in [0.1, 0.15) is 23.2 Å². The number of carbonyl (C=O) groups excluding carboxylic acids is 1. The highest BCUT2D eigenvalue weighted by Gasteiger charge is 2.32. The van der Waals surface area contributed by atoms with Gasteiger partial charge in [0, 0.05) is 13.1 Å². The molecule has 2 aromatic carbocycles. The number of likely N-dealkylation sites (tertiary alicyclic amines) is 1. The van der Waals surface area contributed by atoms with Gasteiger partial charge in [-0.2, -0.15) is 0 Å². The zero-order chi connectivity index (χ0) is 17.2. The van der Waals surface area contributed by atoms with Crippen molar-refractivity contribution in [3.05, 3.63) is 59.1 Å². The highest BCUT2D eigenvalue weighted by molar-refractivity contribution is 6.34. The first-order valence-corrected chi connectivity index (χ1v) is 9.45. The highest BCUT2D eigenvalue weighted by Crippen LogP contribution is 2.30. The van der Waals surface area contributed by atoms with Crippen LogP contribution >= 0.6 is 24.0 Å². The molecule has 4 rings (SSSR count). The summed E-state index contributed by atoms with van der Waals surface area (Å²) in [6, 6.07) is 15.9. The van der Waals surface area contributed by atoms with E-state index in [1.807, 2.05) is 41.3 Å². The summed E-state index contributed by atoms with van der Waals surface area (Å²) in [6.45, 7) is 3.84. The van der Waals surface area contributed by atoms with E-state index in [1.165, 1.54) is 0 Å². The maximum Gasteiger partial charge on any atom is 0.255 e. The Morgan fingerprint density at radius 2 is 1.62 bits per heavy atom. The quantitative estimate of drug-likeness (QED) is 0.818. The van der Waals surface area contributed by atoms with Crippen molar-refractivity contribution in [1.29, 1.82) is 0 Å². The third-order valence-electron chi connectivity index (χ3n) is 5.61. The van der Waals surface area contributed by atoms with Crippen molar-refractivity contribution < 1.29 is 4.79 Å². The summed E-state index contributed by atoms with van der Waals surface area (Å²) in [6.07, 6.45) is 2.17. The molecular weight excluding hydrogens is 367 g/mol. The van der Waals surface area contributed by atoms with Crippen molar-refractivity contribution in [3.8, 4) is 11.1 Å². The average molecular weight is 391 g/mol. The monoisotopic (exact) mass is 390 g/mol. The van der Waals surface area contributed by atoms with E-state index in [0.717, 1.165) is 50.1 Å². The van der Waals surface area contributed by atoms with Gasteiger partial charge in [0.15, 0.2) is 0 Å². The summed E-state index contributed by atoms with van der Waals surface area (Å²) in [4.78, 5) is 15.1. The van der Waals surface area contributed by atoms with Crippen molar-refractivity contribution in [1.82, 2.24) is 10.2 Å². The Hall–Kier alpha value is -1.55. The smallest absolute Gasteiger partial charge is 0.255 e. The second kappa shape index (κ2) is 8.43. The molecule has 0 saturated carbocycles. The third kappa shape index (κ3) is 3.90. The molecule has 0 aromatic heterocycles. The van der Waals surface area contributed by atoms with Crippen LogP contribution in [-0.2, 0) is 0 Å². The Balaban J connectivity index is 0.00000196. The summed E-state index contributed by atoms with van der Waals surface area (Å²) in [7, 11) is 0. The minimum Gasteiger partial charge on any atom is -0.339 e. The van der Waals surface area contributed by atoms with Crippen LogP contribution < -0.4 is 5.32 Å². The zero-order valence-electron chi connectivity index (χ0n) is 14.7. The number of nitrogens with zero attached hydrogens (tertiary/aromatic N) is 1. The van der Waals surface area contributed by atoms with Gasteiger partial charge in [-0.1, -0.05) is 48.0 Å². The van der Waals surface area contributed by atoms with E-state index in [4.69, 9.17) is 11.6 Å². The second-order valence-electron chi connectivity index (χ2n) is 7.11. The van der Waals surface area contributed by atoms with Gasteiger partial charge in [0.05, 0.1) is 10.6 Å². The molecule has 0 unspecified atom stereocenters. The summed E-state index contributed by atoms with van der Waals surface area (Å²) in [5.41, 5.74) is 2.75. The average Bonchev–Trinajstić information content (AvgIpc) is 3.01. The first-order valence-electron chi connectivity index (χ1n) is 9.07. The fourth-order valence-corrected chi connectivity index (χ4v) is 4.29. The normalized spacial score (nSPS) is 22.3. The Morgan fingerprint density at radius 1 is 0.962 bits per heavy atom. The van der Waals surface area contributed by atoms with Crippen LogP contribution in [0.15, 0.2) is 48.5 Å². The Morgan fingerprint density at radius 3 is 2.27 bits per heavy atom. The summed E-state index contributed by atoms with van der Waals surface area (Å²) in [5, 5.41) is 4.02. The third-order valence-corrected chi connectivity index (χ3v) is 5.94. The number of amides is 1. The minimum atomic E-state index is 0. The standard InChI is InChI=1S/C21H23ClN2O.ClH/c22-20-7-6-16(15-4-2-1-3-5-15)12-19(20)21(25)24-10-8-17-13-23-14-18(17)9-11-24;/h1-7,12,17-18,23H,8-11,13-14H2;1H/t17-,18+;. The molecular formula is C21H24Cl2N2O. The number of carbonyl (C=O) groups is 1. The SMILES string of the molecule is Cl.O=C(c1cc(-c2ccccc2)ccc1Cl)N1CC[C@@H]2CNC[C@@H]2CC1. The lowest BCUT2D eigenvalue weighted by molar-refractivity contribution is 0.0758. The van der Waals surface area contributed by atoms with Crippen molar-refractivity contribution >= 4 is 29.9 Å². The molecule has 2 heterocycles. The molecule has 2 atom stereocenters. The van der Waals surface area contributed by atoms with E-state index < -0.39 is 0 Å². The van der Waals surface area contributed by atoms with E-state index in [0.29, 0.717) is 22.4 Å². The highest BCUT2D eigenvalue weighted by atomic mass is 35.5. The number of fused-ring (bicyclic) bond motifs is 1. The number of halogens is 2. The van der Waals surface area contributed by atoms with Crippen molar-refractivity contribution in [2.75, 3.05) is 26.2 Å². The Labute approximate surface area is 166 Å². The van der Waals surface area contributed by atoms with E-state index >= 15 is 0 Å². The Kier molecular flexibility index (Phi) is 6.23. The number of hydrogen-bond donors (Lipinski definition) is 1. The van der Waals surface area contributed by atoms with E-state index in [1.54, 1.807) is 0 Å². The van der Waals surface area contributed by atoms with Crippen LogP contribution in [0.25, 0.3) is 11.1 Å². The predicted molar refractivity (Wildman–Crippen MR) is 109 cm³/mol. The summed E-state index contributed by atoms with van der Waals surface area (Å²) >= 11 is 6.38. The maximum absolute atomic E-state index is 13.1. The number of nitrogens with one attached hydrogen (secondary N) is 1. The van der Waals surface area contributed by atoms with E-state index in [-0.39, 0.29) is 18.3 Å². The van der Waals surface area contributed by atoms with Crippen LogP contribution in [0.3, 0.4) is 0 Å². The van der Waals surface area contributed by atoms with Gasteiger partial charge in [-0.15, -0.1) is 12.4 Å². The van der Waals surface area contributed by atoms with Gasteiger partial charge in [-0.05, 0) is 61.0 Å². The van der Waals surface area contributed by atoms with E-state index in [2.05, 4.69) is 17.4 Å². The van der Waals surface area contributed by atoms with Crippen LogP contribution in [0.5, 0.6) is 0 Å². The molecule has 2 fully saturated rings. The molecule has 1 amide bonds. The van der Waals surface area contributed by atoms with Gasteiger partial charge in [0.2, 0.25) is 0 Å².